The van der Waals surface area contributed by atoms with Crippen LogP contribution < -0.4 is 0 Å². The highest BCUT2D eigenvalue weighted by Crippen LogP contribution is 2.00. The van der Waals surface area contributed by atoms with Crippen molar-refractivity contribution in [2.45, 2.75) is 25.7 Å². The molecule has 0 bridgehead atoms. The summed E-state index contributed by atoms with van der Waals surface area (Å²) in [6.45, 7) is 1.40. The van der Waals surface area contributed by atoms with Crippen molar-refractivity contribution in [2.75, 3.05) is 25.6 Å². The molecule has 0 rings (SSSR count). The number of rotatable bonds is 8. The third kappa shape index (κ3) is 10.3. The normalized spacial score (nSPS) is 10.4. The van der Waals surface area contributed by atoms with Gasteiger partial charge in [-0.2, -0.15) is 12.6 Å². The standard InChI is InChI=1S/C8H18O2S/c9-5-7-10-6-3-1-2-4-8-11/h9,11H,1-8H2. The van der Waals surface area contributed by atoms with E-state index in [2.05, 4.69) is 12.6 Å². The van der Waals surface area contributed by atoms with Crippen LogP contribution in [0.2, 0.25) is 0 Å². The van der Waals surface area contributed by atoms with Gasteiger partial charge in [0.1, 0.15) is 0 Å². The van der Waals surface area contributed by atoms with Gasteiger partial charge in [0, 0.05) is 6.61 Å². The Hall–Kier alpha value is 0.270. The number of aliphatic hydroxyl groups excluding tert-OH is 1. The van der Waals surface area contributed by atoms with E-state index in [0.29, 0.717) is 6.61 Å². The first-order valence-electron chi connectivity index (χ1n) is 4.21. The minimum absolute atomic E-state index is 0.136. The van der Waals surface area contributed by atoms with Crippen LogP contribution in [0.4, 0.5) is 0 Å². The Morgan fingerprint density at radius 2 is 1.73 bits per heavy atom. The lowest BCUT2D eigenvalue weighted by atomic mass is 10.2. The fourth-order valence-electron chi connectivity index (χ4n) is 0.836. The molecule has 3 heteroatoms. The minimum Gasteiger partial charge on any atom is -0.394 e. The first-order chi connectivity index (χ1) is 5.41. The van der Waals surface area contributed by atoms with Crippen molar-refractivity contribution in [3.05, 3.63) is 0 Å². The van der Waals surface area contributed by atoms with Crippen molar-refractivity contribution in [1.82, 2.24) is 0 Å². The lowest BCUT2D eigenvalue weighted by Gasteiger charge is -2.00. The van der Waals surface area contributed by atoms with Crippen molar-refractivity contribution < 1.29 is 9.84 Å². The minimum atomic E-state index is 0.136. The maximum Gasteiger partial charge on any atom is 0.0697 e. The van der Waals surface area contributed by atoms with Gasteiger partial charge >= 0.3 is 0 Å². The van der Waals surface area contributed by atoms with Crippen LogP contribution in [-0.2, 0) is 4.74 Å². The molecule has 0 aromatic rings. The first-order valence-corrected chi connectivity index (χ1v) is 4.84. The van der Waals surface area contributed by atoms with Crippen molar-refractivity contribution in [3.63, 3.8) is 0 Å². The SMILES string of the molecule is OCCOCCCCCCS. The maximum atomic E-state index is 8.37. The average molecular weight is 178 g/mol. The van der Waals surface area contributed by atoms with E-state index in [4.69, 9.17) is 9.84 Å². The zero-order valence-electron chi connectivity index (χ0n) is 6.96. The lowest BCUT2D eigenvalue weighted by Crippen LogP contribution is -2.00. The van der Waals surface area contributed by atoms with Gasteiger partial charge in [-0.1, -0.05) is 12.8 Å². The second-order valence-electron chi connectivity index (χ2n) is 2.47. The number of aliphatic hydroxyl groups is 1. The molecular weight excluding hydrogens is 160 g/mol. The average Bonchev–Trinajstić information content (AvgIpc) is 2.03. The van der Waals surface area contributed by atoms with Crippen LogP contribution >= 0.6 is 12.6 Å². The van der Waals surface area contributed by atoms with E-state index in [0.717, 1.165) is 18.8 Å². The molecule has 0 amide bonds. The lowest BCUT2D eigenvalue weighted by molar-refractivity contribution is 0.0896. The van der Waals surface area contributed by atoms with E-state index in [1.165, 1.54) is 19.3 Å². The van der Waals surface area contributed by atoms with Crippen LogP contribution in [0.1, 0.15) is 25.7 Å². The second-order valence-corrected chi connectivity index (χ2v) is 2.92. The van der Waals surface area contributed by atoms with Crippen molar-refractivity contribution in [2.24, 2.45) is 0 Å². The van der Waals surface area contributed by atoms with Crippen molar-refractivity contribution in [3.8, 4) is 0 Å². The third-order valence-electron chi connectivity index (χ3n) is 1.43. The Labute approximate surface area is 74.4 Å². The summed E-state index contributed by atoms with van der Waals surface area (Å²) in [6.07, 6.45) is 4.76. The zero-order valence-corrected chi connectivity index (χ0v) is 7.85. The molecule has 1 N–H and O–H groups in total. The number of thiol groups is 1. The summed E-state index contributed by atoms with van der Waals surface area (Å²) in [6, 6.07) is 0. The van der Waals surface area contributed by atoms with E-state index < -0.39 is 0 Å². The topological polar surface area (TPSA) is 29.5 Å². The monoisotopic (exact) mass is 178 g/mol. The Balaban J connectivity index is 2.69. The van der Waals surface area contributed by atoms with Gasteiger partial charge in [0.2, 0.25) is 0 Å². The van der Waals surface area contributed by atoms with Crippen LogP contribution in [-0.4, -0.2) is 30.7 Å². The van der Waals surface area contributed by atoms with Gasteiger partial charge in [-0.05, 0) is 18.6 Å². The van der Waals surface area contributed by atoms with Gasteiger partial charge in [0.05, 0.1) is 13.2 Å². The molecule has 0 fully saturated rings. The highest BCUT2D eigenvalue weighted by molar-refractivity contribution is 7.80. The predicted octanol–water partition coefficient (Wildman–Crippen LogP) is 1.49. The summed E-state index contributed by atoms with van der Waals surface area (Å²) in [7, 11) is 0. The summed E-state index contributed by atoms with van der Waals surface area (Å²) >= 11 is 4.11. The summed E-state index contributed by atoms with van der Waals surface area (Å²) < 4.78 is 5.09. The molecule has 0 aliphatic carbocycles. The Kier molecular flexibility index (Phi) is 10.5. The van der Waals surface area contributed by atoms with Gasteiger partial charge in [-0.15, -0.1) is 0 Å². The molecule has 0 aromatic heterocycles. The predicted molar refractivity (Wildman–Crippen MR) is 50.2 cm³/mol. The van der Waals surface area contributed by atoms with Crippen LogP contribution in [0.3, 0.4) is 0 Å². The molecule has 0 radical (unpaired) electrons. The molecule has 0 saturated carbocycles. The molecule has 0 spiro atoms. The zero-order chi connectivity index (χ0) is 8.36. The largest absolute Gasteiger partial charge is 0.394 e. The summed E-state index contributed by atoms with van der Waals surface area (Å²) in [5, 5.41) is 8.37. The van der Waals surface area contributed by atoms with Gasteiger partial charge in [-0.25, -0.2) is 0 Å². The first kappa shape index (κ1) is 11.3. The number of hydrogen-bond donors (Lipinski definition) is 2. The molecule has 0 unspecified atom stereocenters. The quantitative estimate of drug-likeness (QED) is 0.435. The molecule has 0 aromatic carbocycles. The Morgan fingerprint density at radius 3 is 2.36 bits per heavy atom. The molecule has 0 aliphatic rings. The maximum absolute atomic E-state index is 8.37. The molecule has 11 heavy (non-hydrogen) atoms. The van der Waals surface area contributed by atoms with E-state index in [-0.39, 0.29) is 6.61 Å². The molecular formula is C8H18O2S. The molecule has 0 heterocycles. The van der Waals surface area contributed by atoms with Gasteiger partial charge in [0.15, 0.2) is 0 Å². The third-order valence-corrected chi connectivity index (χ3v) is 1.75. The summed E-state index contributed by atoms with van der Waals surface area (Å²) in [5.74, 6) is 0.984. The fraction of sp³-hybridized carbons (Fsp3) is 1.00. The molecule has 0 atom stereocenters. The highest BCUT2D eigenvalue weighted by Gasteiger charge is 1.88. The van der Waals surface area contributed by atoms with E-state index in [1.807, 2.05) is 0 Å². The highest BCUT2D eigenvalue weighted by atomic mass is 32.1. The molecule has 0 aliphatic heterocycles. The van der Waals surface area contributed by atoms with E-state index in [1.54, 1.807) is 0 Å². The van der Waals surface area contributed by atoms with Crippen LogP contribution in [0, 0.1) is 0 Å². The van der Waals surface area contributed by atoms with Crippen molar-refractivity contribution in [1.29, 1.82) is 0 Å². The van der Waals surface area contributed by atoms with Crippen LogP contribution in [0.25, 0.3) is 0 Å². The molecule has 2 nitrogen and oxygen atoms in total. The smallest absolute Gasteiger partial charge is 0.0697 e. The Bertz CT molecular complexity index is 61.1. The fourth-order valence-corrected chi connectivity index (χ4v) is 1.06. The van der Waals surface area contributed by atoms with Crippen molar-refractivity contribution >= 4 is 12.6 Å². The van der Waals surface area contributed by atoms with Gasteiger partial charge in [-0.3, -0.25) is 0 Å². The molecule has 68 valence electrons. The number of ether oxygens (including phenoxy) is 1. The second kappa shape index (κ2) is 10.3. The number of unbranched alkanes of at least 4 members (excludes halogenated alkanes) is 3. The molecule has 0 saturated heterocycles. The van der Waals surface area contributed by atoms with Crippen LogP contribution in [0.5, 0.6) is 0 Å². The van der Waals surface area contributed by atoms with Gasteiger partial charge in [0.25, 0.3) is 0 Å². The van der Waals surface area contributed by atoms with Gasteiger partial charge < -0.3 is 9.84 Å². The number of hydrogen-bond acceptors (Lipinski definition) is 3. The summed E-state index contributed by atoms with van der Waals surface area (Å²) in [4.78, 5) is 0. The van der Waals surface area contributed by atoms with Crippen LogP contribution in [0.15, 0.2) is 0 Å². The summed E-state index contributed by atoms with van der Waals surface area (Å²) in [5.41, 5.74) is 0. The van der Waals surface area contributed by atoms with E-state index >= 15 is 0 Å². The van der Waals surface area contributed by atoms with E-state index in [9.17, 15) is 0 Å². The Morgan fingerprint density at radius 1 is 1.00 bits per heavy atom.